The summed E-state index contributed by atoms with van der Waals surface area (Å²) in [7, 11) is 0. The van der Waals surface area contributed by atoms with Crippen molar-refractivity contribution in [3.05, 3.63) is 65.3 Å². The van der Waals surface area contributed by atoms with E-state index in [2.05, 4.69) is 51.0 Å². The van der Waals surface area contributed by atoms with Crippen LogP contribution in [-0.4, -0.2) is 52.0 Å². The zero-order valence-corrected chi connectivity index (χ0v) is 16.6. The van der Waals surface area contributed by atoms with E-state index in [1.54, 1.807) is 24.5 Å². The van der Waals surface area contributed by atoms with E-state index in [1.807, 2.05) is 24.4 Å². The molecule has 9 heteroatoms. The van der Waals surface area contributed by atoms with Gasteiger partial charge in [-0.25, -0.2) is 19.9 Å². The number of carbonyl (C=O) groups is 1. The number of nitrogens with zero attached hydrogens (tertiary/aromatic N) is 6. The lowest BCUT2D eigenvalue weighted by Gasteiger charge is -2.35. The Labute approximate surface area is 170 Å². The summed E-state index contributed by atoms with van der Waals surface area (Å²) in [6.07, 6.45) is 6.56. The molecule has 1 saturated heterocycles. The van der Waals surface area contributed by atoms with Crippen LogP contribution in [0.4, 0.5) is 17.5 Å². The number of rotatable bonds is 4. The van der Waals surface area contributed by atoms with Crippen LogP contribution in [0.3, 0.4) is 0 Å². The number of nitrogens with one attached hydrogen (secondary N) is 1. The number of aromatic nitrogens is 4. The molecule has 3 aromatic heterocycles. The molecule has 4 rings (SSSR count). The first kappa shape index (κ1) is 18.3. The van der Waals surface area contributed by atoms with Crippen molar-refractivity contribution in [3.63, 3.8) is 0 Å². The summed E-state index contributed by atoms with van der Waals surface area (Å²) in [6, 6.07) is 9.35. The Morgan fingerprint density at radius 3 is 2.29 bits per heavy atom. The van der Waals surface area contributed by atoms with Gasteiger partial charge in [0.05, 0.1) is 23.6 Å². The quantitative estimate of drug-likeness (QED) is 0.624. The van der Waals surface area contributed by atoms with Gasteiger partial charge in [-0.1, -0.05) is 6.07 Å². The maximum Gasteiger partial charge on any atom is 0.257 e. The topological polar surface area (TPSA) is 87.1 Å². The van der Waals surface area contributed by atoms with Crippen molar-refractivity contribution in [2.75, 3.05) is 41.3 Å². The van der Waals surface area contributed by atoms with E-state index in [4.69, 9.17) is 0 Å². The summed E-state index contributed by atoms with van der Waals surface area (Å²) >= 11 is 3.25. The largest absolute Gasteiger partial charge is 0.353 e. The Hall–Kier alpha value is -3.07. The summed E-state index contributed by atoms with van der Waals surface area (Å²) < 4.78 is 0.680. The van der Waals surface area contributed by atoms with E-state index < -0.39 is 0 Å². The highest BCUT2D eigenvalue weighted by Crippen LogP contribution is 2.17. The zero-order valence-electron chi connectivity index (χ0n) is 15.0. The molecule has 1 aliphatic rings. The maximum atomic E-state index is 12.2. The smallest absolute Gasteiger partial charge is 0.257 e. The van der Waals surface area contributed by atoms with Gasteiger partial charge in [-0.15, -0.1) is 0 Å². The molecule has 142 valence electrons. The number of hydrogen-bond acceptors (Lipinski definition) is 7. The zero-order chi connectivity index (χ0) is 19.3. The van der Waals surface area contributed by atoms with Gasteiger partial charge in [0.2, 0.25) is 5.95 Å². The summed E-state index contributed by atoms with van der Waals surface area (Å²) in [5.41, 5.74) is 1.02. The number of halogens is 1. The molecule has 1 amide bonds. The molecular weight excluding hydrogens is 422 g/mol. The van der Waals surface area contributed by atoms with E-state index in [0.29, 0.717) is 21.8 Å². The van der Waals surface area contributed by atoms with Crippen LogP contribution >= 0.6 is 15.9 Å². The summed E-state index contributed by atoms with van der Waals surface area (Å²) in [5.74, 6) is 1.40. The predicted molar refractivity (Wildman–Crippen MR) is 111 cm³/mol. The Kier molecular flexibility index (Phi) is 5.43. The lowest BCUT2D eigenvalue weighted by molar-refractivity contribution is 0.102. The monoisotopic (exact) mass is 439 g/mol. The van der Waals surface area contributed by atoms with Crippen LogP contribution in [0, 0.1) is 0 Å². The van der Waals surface area contributed by atoms with E-state index in [-0.39, 0.29) is 5.91 Å². The van der Waals surface area contributed by atoms with E-state index in [0.717, 1.165) is 32.0 Å². The predicted octanol–water partition coefficient (Wildman–Crippen LogP) is 2.61. The normalized spacial score (nSPS) is 14.0. The highest BCUT2D eigenvalue weighted by atomic mass is 79.9. The van der Waals surface area contributed by atoms with Crippen molar-refractivity contribution >= 4 is 39.3 Å². The summed E-state index contributed by atoms with van der Waals surface area (Å²) in [6.45, 7) is 3.34. The van der Waals surface area contributed by atoms with Crippen LogP contribution in [0.1, 0.15) is 10.4 Å². The second-order valence-electron chi connectivity index (χ2n) is 6.26. The number of pyridine rings is 2. The lowest BCUT2D eigenvalue weighted by atomic mass is 10.2. The number of hydrogen-bond donors (Lipinski definition) is 1. The van der Waals surface area contributed by atoms with Crippen LogP contribution < -0.4 is 15.1 Å². The number of carbonyl (C=O) groups excluding carboxylic acids is 1. The third-order valence-electron chi connectivity index (χ3n) is 4.42. The molecule has 4 heterocycles. The number of amides is 1. The molecular formula is C19H18BrN7O. The van der Waals surface area contributed by atoms with Gasteiger partial charge in [0.15, 0.2) is 0 Å². The highest BCUT2D eigenvalue weighted by Gasteiger charge is 2.19. The van der Waals surface area contributed by atoms with Crippen molar-refractivity contribution < 1.29 is 4.79 Å². The summed E-state index contributed by atoms with van der Waals surface area (Å²) in [5, 5.41) is 2.78. The first-order chi connectivity index (χ1) is 13.7. The van der Waals surface area contributed by atoms with Gasteiger partial charge >= 0.3 is 0 Å². The van der Waals surface area contributed by atoms with E-state index in [9.17, 15) is 4.79 Å². The minimum Gasteiger partial charge on any atom is -0.353 e. The Morgan fingerprint density at radius 2 is 1.64 bits per heavy atom. The third-order valence-corrected chi connectivity index (χ3v) is 4.89. The van der Waals surface area contributed by atoms with Crippen LogP contribution in [-0.2, 0) is 0 Å². The Balaban J connectivity index is 1.35. The van der Waals surface area contributed by atoms with Crippen molar-refractivity contribution in [2.24, 2.45) is 0 Å². The average molecular weight is 440 g/mol. The van der Waals surface area contributed by atoms with Crippen LogP contribution in [0.15, 0.2) is 59.7 Å². The first-order valence-corrected chi connectivity index (χ1v) is 9.64. The lowest BCUT2D eigenvalue weighted by Crippen LogP contribution is -2.47. The van der Waals surface area contributed by atoms with Gasteiger partial charge in [-0.2, -0.15) is 0 Å². The maximum absolute atomic E-state index is 12.2. The molecule has 0 unspecified atom stereocenters. The third kappa shape index (κ3) is 4.25. The molecule has 1 aliphatic heterocycles. The van der Waals surface area contributed by atoms with Crippen LogP contribution in [0.25, 0.3) is 0 Å². The van der Waals surface area contributed by atoms with Crippen LogP contribution in [0.2, 0.25) is 0 Å². The molecule has 3 aromatic rings. The van der Waals surface area contributed by atoms with Crippen molar-refractivity contribution in [2.45, 2.75) is 0 Å². The molecule has 0 saturated carbocycles. The standard InChI is InChI=1S/C19H18BrN7O/c20-16-5-4-14(11-22-16)18(28)25-15-12-23-19(24-13-15)27-9-7-26(8-10-27)17-3-1-2-6-21-17/h1-6,11-13H,7-10H2,(H,25,28). The van der Waals surface area contributed by atoms with Gasteiger partial charge in [-0.3, -0.25) is 4.79 Å². The van der Waals surface area contributed by atoms with Gasteiger partial charge in [0.25, 0.3) is 5.91 Å². The average Bonchev–Trinajstić information content (AvgIpc) is 2.75. The van der Waals surface area contributed by atoms with Crippen LogP contribution in [0.5, 0.6) is 0 Å². The van der Waals surface area contributed by atoms with E-state index >= 15 is 0 Å². The molecule has 1 fully saturated rings. The molecule has 8 nitrogen and oxygen atoms in total. The fourth-order valence-corrected chi connectivity index (χ4v) is 3.17. The minimum atomic E-state index is -0.250. The molecule has 0 aromatic carbocycles. The number of piperazine rings is 1. The first-order valence-electron chi connectivity index (χ1n) is 8.85. The second kappa shape index (κ2) is 8.30. The fraction of sp³-hybridized carbons (Fsp3) is 0.211. The van der Waals surface area contributed by atoms with E-state index in [1.165, 1.54) is 6.20 Å². The Bertz CT molecular complexity index is 927. The second-order valence-corrected chi connectivity index (χ2v) is 7.07. The van der Waals surface area contributed by atoms with Crippen molar-refractivity contribution in [1.82, 2.24) is 19.9 Å². The molecule has 0 radical (unpaired) electrons. The molecule has 0 bridgehead atoms. The summed E-state index contributed by atoms with van der Waals surface area (Å²) in [4.78, 5) is 33.9. The van der Waals surface area contributed by atoms with Gasteiger partial charge in [0, 0.05) is 38.6 Å². The van der Waals surface area contributed by atoms with Gasteiger partial charge < -0.3 is 15.1 Å². The van der Waals surface area contributed by atoms with Gasteiger partial charge in [-0.05, 0) is 40.2 Å². The molecule has 28 heavy (non-hydrogen) atoms. The SMILES string of the molecule is O=C(Nc1cnc(N2CCN(c3ccccn3)CC2)nc1)c1ccc(Br)nc1. The molecule has 0 aliphatic carbocycles. The molecule has 0 spiro atoms. The number of anilines is 3. The minimum absolute atomic E-state index is 0.250. The van der Waals surface area contributed by atoms with Gasteiger partial charge in [0.1, 0.15) is 10.4 Å². The molecule has 1 N–H and O–H groups in total. The fourth-order valence-electron chi connectivity index (χ4n) is 2.94. The molecule has 0 atom stereocenters. The Morgan fingerprint density at radius 1 is 0.893 bits per heavy atom. The highest BCUT2D eigenvalue weighted by molar-refractivity contribution is 9.10. The van der Waals surface area contributed by atoms with Crippen molar-refractivity contribution in [3.8, 4) is 0 Å². The van der Waals surface area contributed by atoms with Crippen molar-refractivity contribution in [1.29, 1.82) is 0 Å².